The molecule has 0 radical (unpaired) electrons. The van der Waals surface area contributed by atoms with Crippen molar-refractivity contribution in [2.45, 2.75) is 38.6 Å². The number of likely N-dealkylation sites (tertiary alicyclic amines) is 1. The van der Waals surface area contributed by atoms with Gasteiger partial charge < -0.3 is 9.47 Å². The van der Waals surface area contributed by atoms with Crippen LogP contribution in [-0.4, -0.2) is 43.4 Å². The number of benzene rings is 1. The van der Waals surface area contributed by atoms with E-state index in [0.29, 0.717) is 17.5 Å². The lowest BCUT2D eigenvalue weighted by atomic mass is 9.92. The highest BCUT2D eigenvalue weighted by Crippen LogP contribution is 2.34. The molecular formula is C26H27N5O. The maximum atomic E-state index is 12.8. The summed E-state index contributed by atoms with van der Waals surface area (Å²) in [6.45, 7) is 5.81. The summed E-state index contributed by atoms with van der Waals surface area (Å²) < 4.78 is 2.22. The molecule has 3 aromatic heterocycles. The fraction of sp³-hybridized carbons (Fsp3) is 0.308. The van der Waals surface area contributed by atoms with Crippen LogP contribution in [0.15, 0.2) is 67.3 Å². The summed E-state index contributed by atoms with van der Waals surface area (Å²) >= 11 is 0. The molecule has 32 heavy (non-hydrogen) atoms. The van der Waals surface area contributed by atoms with Gasteiger partial charge in [-0.15, -0.1) is 0 Å². The summed E-state index contributed by atoms with van der Waals surface area (Å²) in [6.07, 6.45) is 7.06. The van der Waals surface area contributed by atoms with Crippen LogP contribution >= 0.6 is 0 Å². The number of hydrogen-bond donors (Lipinski definition) is 0. The molecule has 1 fully saturated rings. The number of aromatic nitrogens is 4. The fourth-order valence-electron chi connectivity index (χ4n) is 4.52. The Morgan fingerprint density at radius 1 is 1.03 bits per heavy atom. The van der Waals surface area contributed by atoms with E-state index in [-0.39, 0.29) is 5.91 Å². The maximum absolute atomic E-state index is 12.8. The minimum atomic E-state index is 0.0807. The summed E-state index contributed by atoms with van der Waals surface area (Å²) in [6, 6.07) is 16.4. The van der Waals surface area contributed by atoms with Gasteiger partial charge in [0.1, 0.15) is 5.52 Å². The number of carbonyl (C=O) groups is 1. The van der Waals surface area contributed by atoms with E-state index < -0.39 is 0 Å². The summed E-state index contributed by atoms with van der Waals surface area (Å²) in [7, 11) is 0. The molecule has 1 aromatic carbocycles. The Morgan fingerprint density at radius 3 is 2.44 bits per heavy atom. The molecule has 0 N–H and O–H groups in total. The average molecular weight is 426 g/mol. The molecule has 1 aliphatic rings. The molecule has 1 aliphatic heterocycles. The van der Waals surface area contributed by atoms with Crippen molar-refractivity contribution in [1.82, 2.24) is 24.4 Å². The van der Waals surface area contributed by atoms with Crippen LogP contribution < -0.4 is 0 Å². The minimum absolute atomic E-state index is 0.0807. The molecule has 0 bridgehead atoms. The zero-order valence-corrected chi connectivity index (χ0v) is 18.5. The van der Waals surface area contributed by atoms with Crippen molar-refractivity contribution in [3.63, 3.8) is 0 Å². The number of pyridine rings is 2. The number of imidazole rings is 1. The van der Waals surface area contributed by atoms with Gasteiger partial charge in [-0.05, 0) is 44.9 Å². The number of piperidine rings is 1. The number of hydrogen-bond acceptors (Lipinski definition) is 4. The second-order valence-electron chi connectivity index (χ2n) is 8.68. The Kier molecular flexibility index (Phi) is 5.43. The van der Waals surface area contributed by atoms with Crippen molar-refractivity contribution in [2.24, 2.45) is 0 Å². The van der Waals surface area contributed by atoms with Crippen molar-refractivity contribution in [3.8, 4) is 11.3 Å². The first-order valence-corrected chi connectivity index (χ1v) is 11.2. The average Bonchev–Trinajstić information content (AvgIpc) is 3.29. The van der Waals surface area contributed by atoms with Gasteiger partial charge in [0.2, 0.25) is 0 Å². The van der Waals surface area contributed by atoms with Crippen molar-refractivity contribution in [1.29, 1.82) is 0 Å². The molecule has 6 nitrogen and oxygen atoms in total. The van der Waals surface area contributed by atoms with Crippen molar-refractivity contribution in [3.05, 3.63) is 78.5 Å². The predicted molar refractivity (Wildman–Crippen MR) is 125 cm³/mol. The molecule has 0 unspecified atom stereocenters. The van der Waals surface area contributed by atoms with E-state index >= 15 is 0 Å². The predicted octanol–water partition coefficient (Wildman–Crippen LogP) is 5.09. The number of rotatable bonds is 4. The van der Waals surface area contributed by atoms with Crippen LogP contribution in [0.25, 0.3) is 22.3 Å². The van der Waals surface area contributed by atoms with Crippen molar-refractivity contribution in [2.75, 3.05) is 13.1 Å². The lowest BCUT2D eigenvalue weighted by molar-refractivity contribution is 0.0712. The van der Waals surface area contributed by atoms with E-state index in [2.05, 4.69) is 41.6 Å². The molecule has 1 saturated heterocycles. The van der Waals surface area contributed by atoms with Gasteiger partial charge in [0, 0.05) is 54.3 Å². The lowest BCUT2D eigenvalue weighted by Gasteiger charge is -2.32. The summed E-state index contributed by atoms with van der Waals surface area (Å²) in [5.41, 5.74) is 5.88. The van der Waals surface area contributed by atoms with Crippen LogP contribution in [-0.2, 0) is 0 Å². The van der Waals surface area contributed by atoms with Gasteiger partial charge >= 0.3 is 0 Å². The summed E-state index contributed by atoms with van der Waals surface area (Å²) in [5.74, 6) is 0.399. The molecule has 5 rings (SSSR count). The van der Waals surface area contributed by atoms with E-state index in [9.17, 15) is 4.79 Å². The van der Waals surface area contributed by atoms with E-state index in [1.807, 2.05) is 29.4 Å². The third-order valence-electron chi connectivity index (χ3n) is 6.31. The number of nitrogens with zero attached hydrogens (tertiary/aromatic N) is 5. The Bertz CT molecular complexity index is 1230. The SMILES string of the molecule is CC(C)n1cnc2c(-c3ccccc3)nc(C3CCN(C(=O)c4ccncc4)CC3)cc21. The quantitative estimate of drug-likeness (QED) is 0.457. The van der Waals surface area contributed by atoms with Gasteiger partial charge in [-0.1, -0.05) is 30.3 Å². The molecule has 0 saturated carbocycles. The van der Waals surface area contributed by atoms with Crippen LogP contribution in [0.3, 0.4) is 0 Å². The zero-order valence-electron chi connectivity index (χ0n) is 18.5. The molecule has 4 aromatic rings. The number of carbonyl (C=O) groups excluding carboxylic acids is 1. The first-order chi connectivity index (χ1) is 15.6. The highest BCUT2D eigenvalue weighted by Gasteiger charge is 2.27. The number of fused-ring (bicyclic) bond motifs is 1. The fourth-order valence-corrected chi connectivity index (χ4v) is 4.52. The largest absolute Gasteiger partial charge is 0.339 e. The van der Waals surface area contributed by atoms with Gasteiger partial charge in [0.25, 0.3) is 5.91 Å². The Balaban J connectivity index is 1.46. The molecule has 0 aliphatic carbocycles. The second kappa shape index (κ2) is 8.54. The third kappa shape index (κ3) is 3.77. The summed E-state index contributed by atoms with van der Waals surface area (Å²) in [4.78, 5) is 28.6. The third-order valence-corrected chi connectivity index (χ3v) is 6.31. The molecular weight excluding hydrogens is 398 g/mol. The Hall–Kier alpha value is -3.54. The van der Waals surface area contributed by atoms with Gasteiger partial charge in [-0.25, -0.2) is 4.98 Å². The van der Waals surface area contributed by atoms with Crippen LogP contribution in [0.5, 0.6) is 0 Å². The summed E-state index contributed by atoms with van der Waals surface area (Å²) in [5, 5.41) is 0. The van der Waals surface area contributed by atoms with Gasteiger partial charge in [0.15, 0.2) is 0 Å². The first-order valence-electron chi connectivity index (χ1n) is 11.2. The van der Waals surface area contributed by atoms with Gasteiger partial charge in [0.05, 0.1) is 17.5 Å². The molecule has 162 valence electrons. The van der Waals surface area contributed by atoms with Crippen LogP contribution in [0.2, 0.25) is 0 Å². The van der Waals surface area contributed by atoms with E-state index in [4.69, 9.17) is 9.97 Å². The molecule has 4 heterocycles. The van der Waals surface area contributed by atoms with E-state index in [1.165, 1.54) is 0 Å². The molecule has 1 amide bonds. The minimum Gasteiger partial charge on any atom is -0.339 e. The van der Waals surface area contributed by atoms with E-state index in [1.54, 1.807) is 24.5 Å². The second-order valence-corrected chi connectivity index (χ2v) is 8.68. The zero-order chi connectivity index (χ0) is 22.1. The normalized spacial score (nSPS) is 14.9. The molecule has 0 spiro atoms. The highest BCUT2D eigenvalue weighted by atomic mass is 16.2. The molecule has 6 heteroatoms. The number of amides is 1. The lowest BCUT2D eigenvalue weighted by Crippen LogP contribution is -2.38. The topological polar surface area (TPSA) is 63.9 Å². The monoisotopic (exact) mass is 425 g/mol. The Morgan fingerprint density at radius 2 is 1.75 bits per heavy atom. The van der Waals surface area contributed by atoms with Crippen molar-refractivity contribution >= 4 is 16.9 Å². The smallest absolute Gasteiger partial charge is 0.253 e. The van der Waals surface area contributed by atoms with Crippen LogP contribution in [0.4, 0.5) is 0 Å². The van der Waals surface area contributed by atoms with Crippen LogP contribution in [0, 0.1) is 0 Å². The van der Waals surface area contributed by atoms with Gasteiger partial charge in [-0.2, -0.15) is 0 Å². The highest BCUT2D eigenvalue weighted by molar-refractivity contribution is 5.94. The maximum Gasteiger partial charge on any atom is 0.253 e. The van der Waals surface area contributed by atoms with Crippen molar-refractivity contribution < 1.29 is 4.79 Å². The van der Waals surface area contributed by atoms with Crippen LogP contribution in [0.1, 0.15) is 54.7 Å². The standard InChI is InChI=1S/C26H27N5O/c1-18(2)31-17-28-25-23(31)16-22(29-24(25)20-6-4-3-5-7-20)19-10-14-30(15-11-19)26(32)21-8-12-27-13-9-21/h3-9,12-13,16-19H,10-11,14-15H2,1-2H3. The van der Waals surface area contributed by atoms with E-state index in [0.717, 1.165) is 53.9 Å². The van der Waals surface area contributed by atoms with Gasteiger partial charge in [-0.3, -0.25) is 14.8 Å². The molecule has 0 atom stereocenters. The first kappa shape index (κ1) is 20.4. The Labute approximate surface area is 188 Å².